The van der Waals surface area contributed by atoms with Gasteiger partial charge in [0.25, 0.3) is 0 Å². The average Bonchev–Trinajstić information content (AvgIpc) is 2.52. The normalized spacial score (nSPS) is 16.7. The van der Waals surface area contributed by atoms with Gasteiger partial charge in [-0.05, 0) is 25.0 Å². The fourth-order valence-electron chi connectivity index (χ4n) is 2.75. The Balaban J connectivity index is 1.69. The fraction of sp³-hybridized carbons (Fsp3) is 0.278. The number of rotatable bonds is 3. The average molecular weight is 281 g/mol. The highest BCUT2D eigenvalue weighted by Crippen LogP contribution is 2.33. The molecule has 2 aromatic rings. The first-order chi connectivity index (χ1) is 10.2. The molecule has 0 bridgehead atoms. The minimum absolute atomic E-state index is 0.0762. The van der Waals surface area contributed by atoms with Crippen molar-refractivity contribution in [3.8, 4) is 5.75 Å². The highest BCUT2D eigenvalue weighted by atomic mass is 16.5. The molecule has 0 aromatic heterocycles. The van der Waals surface area contributed by atoms with E-state index in [0.717, 1.165) is 23.3 Å². The highest BCUT2D eigenvalue weighted by molar-refractivity contribution is 5.84. The third-order valence-corrected chi connectivity index (χ3v) is 3.82. The van der Waals surface area contributed by atoms with E-state index in [4.69, 9.17) is 4.74 Å². The van der Waals surface area contributed by atoms with Gasteiger partial charge in [-0.2, -0.15) is 0 Å². The minimum Gasteiger partial charge on any atom is -0.493 e. The second-order valence-corrected chi connectivity index (χ2v) is 5.43. The van der Waals surface area contributed by atoms with Crippen molar-refractivity contribution in [1.29, 1.82) is 0 Å². The van der Waals surface area contributed by atoms with E-state index in [9.17, 15) is 4.79 Å². The molecule has 1 N–H and O–H groups in total. The van der Waals surface area contributed by atoms with Crippen LogP contribution in [0.15, 0.2) is 48.5 Å². The molecule has 0 saturated heterocycles. The third-order valence-electron chi connectivity index (χ3n) is 3.82. The second-order valence-electron chi connectivity index (χ2n) is 5.43. The Bertz CT molecular complexity index is 651. The summed E-state index contributed by atoms with van der Waals surface area (Å²) in [6.45, 7) is 3.22. The Morgan fingerprint density at radius 1 is 1.24 bits per heavy atom. The predicted octanol–water partition coefficient (Wildman–Crippen LogP) is 3.18. The van der Waals surface area contributed by atoms with Crippen LogP contribution < -0.4 is 10.1 Å². The van der Waals surface area contributed by atoms with Gasteiger partial charge in [-0.15, -0.1) is 0 Å². The summed E-state index contributed by atoms with van der Waals surface area (Å²) in [4.78, 5) is 12.5. The maximum absolute atomic E-state index is 12.5. The summed E-state index contributed by atoms with van der Waals surface area (Å²) in [5, 5.41) is 3.04. The summed E-state index contributed by atoms with van der Waals surface area (Å²) in [7, 11) is 0. The van der Waals surface area contributed by atoms with Crippen molar-refractivity contribution in [1.82, 2.24) is 5.32 Å². The Hall–Kier alpha value is -2.29. The van der Waals surface area contributed by atoms with E-state index < -0.39 is 0 Å². The molecule has 1 unspecified atom stereocenters. The molecule has 1 amide bonds. The van der Waals surface area contributed by atoms with Crippen molar-refractivity contribution in [3.05, 3.63) is 65.2 Å². The lowest BCUT2D eigenvalue weighted by molar-refractivity contribution is -0.123. The number of benzene rings is 2. The van der Waals surface area contributed by atoms with Crippen molar-refractivity contribution >= 4 is 5.91 Å². The zero-order valence-corrected chi connectivity index (χ0v) is 12.1. The Kier molecular flexibility index (Phi) is 3.91. The number of para-hydroxylation sites is 1. The van der Waals surface area contributed by atoms with Crippen LogP contribution in [-0.4, -0.2) is 12.5 Å². The lowest BCUT2D eigenvalue weighted by atomic mass is 9.92. The van der Waals surface area contributed by atoms with Gasteiger partial charge in [0, 0.05) is 12.1 Å². The number of carbonyl (C=O) groups is 1. The first-order valence-electron chi connectivity index (χ1n) is 7.29. The molecule has 1 aliphatic heterocycles. The smallest absolute Gasteiger partial charge is 0.228 e. The van der Waals surface area contributed by atoms with Gasteiger partial charge in [-0.25, -0.2) is 0 Å². The Morgan fingerprint density at radius 2 is 2.10 bits per heavy atom. The molecule has 0 aliphatic carbocycles. The van der Waals surface area contributed by atoms with Gasteiger partial charge < -0.3 is 10.1 Å². The van der Waals surface area contributed by atoms with Crippen molar-refractivity contribution in [2.45, 2.75) is 25.8 Å². The molecule has 1 atom stereocenters. The number of aryl methyl sites for hydroxylation is 1. The van der Waals surface area contributed by atoms with Gasteiger partial charge in [0.15, 0.2) is 0 Å². The van der Waals surface area contributed by atoms with Gasteiger partial charge in [0.1, 0.15) is 5.75 Å². The van der Waals surface area contributed by atoms with Crippen molar-refractivity contribution in [3.63, 3.8) is 0 Å². The first-order valence-corrected chi connectivity index (χ1v) is 7.29. The largest absolute Gasteiger partial charge is 0.493 e. The fourth-order valence-corrected chi connectivity index (χ4v) is 2.75. The maximum atomic E-state index is 12.5. The van der Waals surface area contributed by atoms with Gasteiger partial charge in [-0.1, -0.05) is 48.0 Å². The quantitative estimate of drug-likeness (QED) is 0.938. The van der Waals surface area contributed by atoms with Crippen LogP contribution in [0, 0.1) is 6.92 Å². The van der Waals surface area contributed by atoms with E-state index >= 15 is 0 Å². The number of ether oxygens (including phenoxy) is 1. The van der Waals surface area contributed by atoms with Crippen LogP contribution in [0.25, 0.3) is 0 Å². The lowest BCUT2D eigenvalue weighted by Gasteiger charge is -2.25. The summed E-state index contributed by atoms with van der Waals surface area (Å²) in [5.41, 5.74) is 3.33. The van der Waals surface area contributed by atoms with Crippen LogP contribution >= 0.6 is 0 Å². The summed E-state index contributed by atoms with van der Waals surface area (Å²) in [6.07, 6.45) is 0.733. The standard InChI is InChI=1S/C18H19NO2/c1-13-5-4-6-14(11-13)12-19-18(20)16-9-10-21-17-8-3-2-7-15(16)17/h2-8,11,16H,9-10,12H2,1H3,(H,19,20). The molecular formula is C18H19NO2. The molecule has 0 saturated carbocycles. The predicted molar refractivity (Wildman–Crippen MR) is 82.3 cm³/mol. The SMILES string of the molecule is Cc1cccc(CNC(=O)C2CCOc3ccccc32)c1. The third kappa shape index (κ3) is 3.07. The molecule has 0 fully saturated rings. The van der Waals surface area contributed by atoms with E-state index in [1.165, 1.54) is 5.56 Å². The van der Waals surface area contributed by atoms with Gasteiger partial charge in [0.2, 0.25) is 5.91 Å². The number of hydrogen-bond acceptors (Lipinski definition) is 2. The molecule has 0 radical (unpaired) electrons. The van der Waals surface area contributed by atoms with Gasteiger partial charge in [-0.3, -0.25) is 4.79 Å². The lowest BCUT2D eigenvalue weighted by Crippen LogP contribution is -2.32. The molecule has 0 spiro atoms. The number of amides is 1. The number of hydrogen-bond donors (Lipinski definition) is 1. The molecule has 108 valence electrons. The zero-order chi connectivity index (χ0) is 14.7. The molecule has 3 rings (SSSR count). The number of nitrogens with one attached hydrogen (secondary N) is 1. The summed E-state index contributed by atoms with van der Waals surface area (Å²) in [6, 6.07) is 16.0. The molecule has 21 heavy (non-hydrogen) atoms. The highest BCUT2D eigenvalue weighted by Gasteiger charge is 2.26. The Labute approximate surface area is 124 Å². The van der Waals surface area contributed by atoms with Crippen LogP contribution in [0.5, 0.6) is 5.75 Å². The number of carbonyl (C=O) groups excluding carboxylic acids is 1. The summed E-state index contributed by atoms with van der Waals surface area (Å²) < 4.78 is 5.60. The minimum atomic E-state index is -0.111. The van der Waals surface area contributed by atoms with Crippen LogP contribution in [0.3, 0.4) is 0 Å². The van der Waals surface area contributed by atoms with Crippen molar-refractivity contribution in [2.24, 2.45) is 0 Å². The summed E-state index contributed by atoms with van der Waals surface area (Å²) in [5.74, 6) is 0.798. The van der Waals surface area contributed by atoms with Crippen LogP contribution in [0.2, 0.25) is 0 Å². The van der Waals surface area contributed by atoms with E-state index in [2.05, 4.69) is 24.4 Å². The van der Waals surface area contributed by atoms with E-state index in [0.29, 0.717) is 13.2 Å². The molecule has 3 heteroatoms. The van der Waals surface area contributed by atoms with Crippen LogP contribution in [0.1, 0.15) is 29.0 Å². The summed E-state index contributed by atoms with van der Waals surface area (Å²) >= 11 is 0. The molecule has 1 heterocycles. The monoisotopic (exact) mass is 281 g/mol. The van der Waals surface area contributed by atoms with Crippen LogP contribution in [-0.2, 0) is 11.3 Å². The number of fused-ring (bicyclic) bond motifs is 1. The van der Waals surface area contributed by atoms with E-state index in [1.807, 2.05) is 36.4 Å². The van der Waals surface area contributed by atoms with E-state index in [1.54, 1.807) is 0 Å². The Morgan fingerprint density at radius 3 is 2.95 bits per heavy atom. The van der Waals surface area contributed by atoms with Crippen molar-refractivity contribution < 1.29 is 9.53 Å². The molecule has 1 aliphatic rings. The second kappa shape index (κ2) is 6.00. The van der Waals surface area contributed by atoms with Crippen LogP contribution in [0.4, 0.5) is 0 Å². The first kappa shape index (κ1) is 13.7. The van der Waals surface area contributed by atoms with Crippen molar-refractivity contribution in [2.75, 3.05) is 6.61 Å². The zero-order valence-electron chi connectivity index (χ0n) is 12.1. The van der Waals surface area contributed by atoms with Gasteiger partial charge in [0.05, 0.1) is 12.5 Å². The van der Waals surface area contributed by atoms with Gasteiger partial charge >= 0.3 is 0 Å². The molecule has 2 aromatic carbocycles. The topological polar surface area (TPSA) is 38.3 Å². The molecule has 3 nitrogen and oxygen atoms in total. The maximum Gasteiger partial charge on any atom is 0.228 e. The van der Waals surface area contributed by atoms with E-state index in [-0.39, 0.29) is 11.8 Å². The molecular weight excluding hydrogens is 262 g/mol.